The van der Waals surface area contributed by atoms with Gasteiger partial charge in [-0.15, -0.1) is 6.58 Å². The van der Waals surface area contributed by atoms with E-state index >= 15 is 0 Å². The molecule has 0 unspecified atom stereocenters. The Balaban J connectivity index is 2.32. The van der Waals surface area contributed by atoms with Crippen molar-refractivity contribution in [3.8, 4) is 6.07 Å². The monoisotopic (exact) mass is 292 g/mol. The van der Waals surface area contributed by atoms with Gasteiger partial charge in [-0.25, -0.2) is 0 Å². The summed E-state index contributed by atoms with van der Waals surface area (Å²) in [7, 11) is 0. The van der Waals surface area contributed by atoms with Gasteiger partial charge in [0.15, 0.2) is 0 Å². The summed E-state index contributed by atoms with van der Waals surface area (Å²) < 4.78 is 0.947. The van der Waals surface area contributed by atoms with E-state index in [1.54, 1.807) is 0 Å². The SMILES string of the molecule is C=CCCCCCNc1ccc(C#N)cc1Br. The van der Waals surface area contributed by atoms with Gasteiger partial charge in [0, 0.05) is 16.7 Å². The molecule has 0 radical (unpaired) electrons. The van der Waals surface area contributed by atoms with Gasteiger partial charge in [0.05, 0.1) is 11.6 Å². The fourth-order valence-corrected chi connectivity index (χ4v) is 2.06. The van der Waals surface area contributed by atoms with E-state index in [-0.39, 0.29) is 0 Å². The third-order valence-corrected chi connectivity index (χ3v) is 3.15. The highest BCUT2D eigenvalue weighted by Gasteiger charge is 2.00. The topological polar surface area (TPSA) is 35.8 Å². The van der Waals surface area contributed by atoms with Crippen LogP contribution in [-0.2, 0) is 0 Å². The van der Waals surface area contributed by atoms with Crippen LogP contribution in [0.1, 0.15) is 31.2 Å². The minimum Gasteiger partial charge on any atom is -0.384 e. The van der Waals surface area contributed by atoms with Gasteiger partial charge in [0.25, 0.3) is 0 Å². The number of nitriles is 1. The zero-order valence-corrected chi connectivity index (χ0v) is 11.5. The highest BCUT2D eigenvalue weighted by atomic mass is 79.9. The summed E-state index contributed by atoms with van der Waals surface area (Å²) in [6.07, 6.45) is 6.64. The predicted octanol–water partition coefficient (Wildman–Crippen LogP) is 4.48. The predicted molar refractivity (Wildman–Crippen MR) is 76.0 cm³/mol. The molecule has 0 atom stereocenters. The Bertz CT molecular complexity index is 407. The lowest BCUT2D eigenvalue weighted by atomic mass is 10.2. The van der Waals surface area contributed by atoms with Crippen LogP contribution in [0.15, 0.2) is 35.3 Å². The maximum absolute atomic E-state index is 8.75. The first-order chi connectivity index (χ1) is 8.27. The van der Waals surface area contributed by atoms with Crippen molar-refractivity contribution in [3.63, 3.8) is 0 Å². The first-order valence-electron chi connectivity index (χ1n) is 5.82. The molecule has 1 aromatic rings. The molecule has 1 aromatic carbocycles. The van der Waals surface area contributed by atoms with Crippen LogP contribution in [-0.4, -0.2) is 6.54 Å². The number of hydrogen-bond donors (Lipinski definition) is 1. The molecule has 0 saturated carbocycles. The number of halogens is 1. The van der Waals surface area contributed by atoms with E-state index < -0.39 is 0 Å². The van der Waals surface area contributed by atoms with E-state index in [0.29, 0.717) is 5.56 Å². The highest BCUT2D eigenvalue weighted by molar-refractivity contribution is 9.10. The van der Waals surface area contributed by atoms with Crippen LogP contribution in [0.4, 0.5) is 5.69 Å². The molecule has 0 aliphatic carbocycles. The fourth-order valence-electron chi connectivity index (χ4n) is 1.54. The van der Waals surface area contributed by atoms with Crippen LogP contribution >= 0.6 is 15.9 Å². The first kappa shape index (κ1) is 13.8. The Hall–Kier alpha value is -1.27. The number of benzene rings is 1. The molecular weight excluding hydrogens is 276 g/mol. The second kappa shape index (κ2) is 7.92. The van der Waals surface area contributed by atoms with Gasteiger partial charge in [0.1, 0.15) is 0 Å². The molecule has 3 heteroatoms. The Morgan fingerprint density at radius 2 is 2.18 bits per heavy atom. The normalized spacial score (nSPS) is 9.65. The van der Waals surface area contributed by atoms with Crippen LogP contribution in [0.25, 0.3) is 0 Å². The average molecular weight is 293 g/mol. The van der Waals surface area contributed by atoms with Gasteiger partial charge in [0.2, 0.25) is 0 Å². The minimum atomic E-state index is 0.674. The largest absolute Gasteiger partial charge is 0.384 e. The second-order valence-corrected chi connectivity index (χ2v) is 4.73. The van der Waals surface area contributed by atoms with E-state index in [9.17, 15) is 0 Å². The third-order valence-electron chi connectivity index (χ3n) is 2.50. The lowest BCUT2D eigenvalue weighted by Gasteiger charge is -2.08. The van der Waals surface area contributed by atoms with Crippen molar-refractivity contribution in [2.24, 2.45) is 0 Å². The van der Waals surface area contributed by atoms with Crippen molar-refractivity contribution < 1.29 is 0 Å². The van der Waals surface area contributed by atoms with Gasteiger partial charge in [-0.1, -0.05) is 12.5 Å². The molecule has 0 aliphatic rings. The highest BCUT2D eigenvalue weighted by Crippen LogP contribution is 2.23. The summed E-state index contributed by atoms with van der Waals surface area (Å²) in [6.45, 7) is 4.67. The molecule has 0 amide bonds. The van der Waals surface area contributed by atoms with Crippen LogP contribution in [0.3, 0.4) is 0 Å². The lowest BCUT2D eigenvalue weighted by molar-refractivity contribution is 0.708. The molecule has 17 heavy (non-hydrogen) atoms. The summed E-state index contributed by atoms with van der Waals surface area (Å²) in [4.78, 5) is 0. The molecular formula is C14H17BrN2. The summed E-state index contributed by atoms with van der Waals surface area (Å²) in [5, 5.41) is 12.1. The van der Waals surface area contributed by atoms with Crippen LogP contribution in [0.2, 0.25) is 0 Å². The summed E-state index contributed by atoms with van der Waals surface area (Å²) in [5.74, 6) is 0. The molecule has 0 fully saturated rings. The smallest absolute Gasteiger partial charge is 0.0992 e. The molecule has 0 spiro atoms. The van der Waals surface area contributed by atoms with Gasteiger partial charge >= 0.3 is 0 Å². The van der Waals surface area contributed by atoms with E-state index in [0.717, 1.165) is 29.5 Å². The lowest BCUT2D eigenvalue weighted by Crippen LogP contribution is -2.02. The first-order valence-corrected chi connectivity index (χ1v) is 6.61. The molecule has 0 aromatic heterocycles. The molecule has 0 heterocycles. The van der Waals surface area contributed by atoms with E-state index in [2.05, 4.69) is 33.9 Å². The molecule has 0 bridgehead atoms. The molecule has 0 aliphatic heterocycles. The fraction of sp³-hybridized carbons (Fsp3) is 0.357. The Morgan fingerprint density at radius 1 is 1.35 bits per heavy atom. The average Bonchev–Trinajstić information content (AvgIpc) is 2.35. The number of unbranched alkanes of at least 4 members (excludes halogenated alkanes) is 3. The van der Waals surface area contributed by atoms with Gasteiger partial charge in [-0.2, -0.15) is 5.26 Å². The Morgan fingerprint density at radius 3 is 2.82 bits per heavy atom. The second-order valence-electron chi connectivity index (χ2n) is 3.87. The molecule has 90 valence electrons. The van der Waals surface area contributed by atoms with Crippen LogP contribution in [0.5, 0.6) is 0 Å². The molecule has 2 nitrogen and oxygen atoms in total. The van der Waals surface area contributed by atoms with Crippen LogP contribution < -0.4 is 5.32 Å². The van der Waals surface area contributed by atoms with Gasteiger partial charge < -0.3 is 5.32 Å². The zero-order valence-electron chi connectivity index (χ0n) is 9.88. The van der Waals surface area contributed by atoms with Crippen molar-refractivity contribution in [3.05, 3.63) is 40.9 Å². The van der Waals surface area contributed by atoms with E-state index in [4.69, 9.17) is 5.26 Å². The summed E-state index contributed by atoms with van der Waals surface area (Å²) in [6, 6.07) is 7.71. The van der Waals surface area contributed by atoms with E-state index in [1.165, 1.54) is 12.8 Å². The van der Waals surface area contributed by atoms with Crippen molar-refractivity contribution in [2.45, 2.75) is 25.7 Å². The number of rotatable bonds is 7. The maximum atomic E-state index is 8.75. The van der Waals surface area contributed by atoms with Crippen molar-refractivity contribution in [1.82, 2.24) is 0 Å². The Kier molecular flexibility index (Phi) is 6.42. The molecule has 1 rings (SSSR count). The molecule has 0 saturated heterocycles. The van der Waals surface area contributed by atoms with Gasteiger partial charge in [-0.05, 0) is 53.4 Å². The van der Waals surface area contributed by atoms with Crippen molar-refractivity contribution in [2.75, 3.05) is 11.9 Å². The summed E-state index contributed by atoms with van der Waals surface area (Å²) >= 11 is 3.46. The van der Waals surface area contributed by atoms with Crippen molar-refractivity contribution in [1.29, 1.82) is 5.26 Å². The quantitative estimate of drug-likeness (QED) is 0.594. The number of allylic oxidation sites excluding steroid dienone is 1. The summed E-state index contributed by atoms with van der Waals surface area (Å²) in [5.41, 5.74) is 1.72. The van der Waals surface area contributed by atoms with Crippen molar-refractivity contribution >= 4 is 21.6 Å². The number of anilines is 1. The van der Waals surface area contributed by atoms with E-state index in [1.807, 2.05) is 24.3 Å². The van der Waals surface area contributed by atoms with Crippen LogP contribution in [0, 0.1) is 11.3 Å². The standard InChI is InChI=1S/C14H17BrN2/c1-2-3-4-5-6-9-17-14-8-7-12(11-16)10-13(14)15/h2,7-8,10,17H,1,3-6,9H2. The number of nitrogens with zero attached hydrogens (tertiary/aromatic N) is 1. The number of hydrogen-bond acceptors (Lipinski definition) is 2. The minimum absolute atomic E-state index is 0.674. The van der Waals surface area contributed by atoms with Gasteiger partial charge in [-0.3, -0.25) is 0 Å². The maximum Gasteiger partial charge on any atom is 0.0992 e. The zero-order chi connectivity index (χ0) is 12.5. The molecule has 1 N–H and O–H groups in total. The third kappa shape index (κ3) is 5.06. The Labute approximate surface area is 111 Å². The number of nitrogens with one attached hydrogen (secondary N) is 1.